The van der Waals surface area contributed by atoms with E-state index >= 15 is 0 Å². The van der Waals surface area contributed by atoms with Gasteiger partial charge in [-0.2, -0.15) is 4.31 Å². The number of ether oxygens (including phenoxy) is 1. The molecule has 1 atom stereocenters. The van der Waals surface area contributed by atoms with E-state index in [9.17, 15) is 18.0 Å². The molecule has 9 heteroatoms. The van der Waals surface area contributed by atoms with Crippen LogP contribution in [-0.2, 0) is 26.2 Å². The maximum absolute atomic E-state index is 13.1. The Balaban J connectivity index is 1.77. The van der Waals surface area contributed by atoms with Crippen molar-refractivity contribution in [1.29, 1.82) is 0 Å². The predicted octanol–water partition coefficient (Wildman–Crippen LogP) is 2.47. The first-order valence-corrected chi connectivity index (χ1v) is 10.4. The van der Waals surface area contributed by atoms with E-state index in [1.165, 1.54) is 35.5 Å². The van der Waals surface area contributed by atoms with Crippen LogP contribution in [0.1, 0.15) is 48.0 Å². The highest BCUT2D eigenvalue weighted by atomic mass is 32.2. The lowest BCUT2D eigenvalue weighted by atomic mass is 10.1. The molecule has 1 aliphatic heterocycles. The van der Waals surface area contributed by atoms with Crippen molar-refractivity contribution in [1.82, 2.24) is 9.46 Å². The number of aryl methyl sites for hydroxylation is 1. The number of sulfonamides is 1. The van der Waals surface area contributed by atoms with Crippen LogP contribution >= 0.6 is 0 Å². The van der Waals surface area contributed by atoms with Gasteiger partial charge in [-0.15, -0.1) is 0 Å². The molecular formula is C19H22N2O6S. The van der Waals surface area contributed by atoms with E-state index in [2.05, 4.69) is 5.16 Å². The van der Waals surface area contributed by atoms with Gasteiger partial charge >= 0.3 is 5.97 Å². The van der Waals surface area contributed by atoms with Crippen LogP contribution in [0.4, 0.5) is 0 Å². The quantitative estimate of drug-likeness (QED) is 0.536. The summed E-state index contributed by atoms with van der Waals surface area (Å²) >= 11 is 0. The Morgan fingerprint density at radius 1 is 1.25 bits per heavy atom. The third-order valence-electron chi connectivity index (χ3n) is 4.63. The van der Waals surface area contributed by atoms with E-state index < -0.39 is 22.0 Å². The van der Waals surface area contributed by atoms with Crippen molar-refractivity contribution >= 4 is 21.8 Å². The number of Topliss-reactive ketones (excluding diaryl/α,β-unsaturated/α-hetero) is 1. The summed E-state index contributed by atoms with van der Waals surface area (Å²) in [5, 5.41) is 3.76. The zero-order chi connectivity index (χ0) is 20.3. The number of carbonyl (C=O) groups is 2. The fraction of sp³-hybridized carbons (Fsp3) is 0.421. The van der Waals surface area contributed by atoms with Crippen LogP contribution in [0.3, 0.4) is 0 Å². The van der Waals surface area contributed by atoms with Gasteiger partial charge in [0.05, 0.1) is 4.90 Å². The van der Waals surface area contributed by atoms with Gasteiger partial charge in [0.2, 0.25) is 10.0 Å². The normalized spacial score (nSPS) is 18.0. The molecule has 1 aliphatic rings. The van der Waals surface area contributed by atoms with Gasteiger partial charge in [-0.25, -0.2) is 8.42 Å². The number of nitrogens with zero attached hydrogens (tertiary/aromatic N) is 2. The second-order valence-corrected chi connectivity index (χ2v) is 8.64. The standard InChI is InChI=1S/C19H22N2O6S/c1-13-11-16(20-27-13)12-26-19(23)18-5-3-4-10-21(18)28(24,25)17-8-6-15(7-9-17)14(2)22/h6-9,11,18H,3-5,10,12H2,1-2H3. The zero-order valence-electron chi connectivity index (χ0n) is 15.8. The minimum Gasteiger partial charge on any atom is -0.458 e. The molecule has 1 aromatic heterocycles. The summed E-state index contributed by atoms with van der Waals surface area (Å²) in [6.45, 7) is 3.30. The molecule has 8 nitrogen and oxygen atoms in total. The van der Waals surface area contributed by atoms with Crippen molar-refractivity contribution in [2.45, 2.75) is 50.7 Å². The lowest BCUT2D eigenvalue weighted by Gasteiger charge is -2.33. The monoisotopic (exact) mass is 406 g/mol. The molecule has 1 unspecified atom stereocenters. The van der Waals surface area contributed by atoms with Crippen LogP contribution in [0.2, 0.25) is 0 Å². The summed E-state index contributed by atoms with van der Waals surface area (Å²) in [6.07, 6.45) is 1.79. The van der Waals surface area contributed by atoms with Gasteiger partial charge in [-0.05, 0) is 45.2 Å². The smallest absolute Gasteiger partial charge is 0.324 e. The minimum atomic E-state index is -3.89. The summed E-state index contributed by atoms with van der Waals surface area (Å²) in [5.41, 5.74) is 0.896. The second kappa shape index (κ2) is 8.24. The molecule has 0 saturated carbocycles. The molecule has 0 amide bonds. The minimum absolute atomic E-state index is 0.0457. The van der Waals surface area contributed by atoms with E-state index in [1.807, 2.05) is 0 Å². The highest BCUT2D eigenvalue weighted by Gasteiger charge is 2.38. The molecule has 2 aromatic rings. The summed E-state index contributed by atoms with van der Waals surface area (Å²) in [5.74, 6) is -0.155. The van der Waals surface area contributed by atoms with E-state index in [0.29, 0.717) is 29.9 Å². The molecule has 3 rings (SSSR count). The number of piperidine rings is 1. The number of aromatic nitrogens is 1. The maximum Gasteiger partial charge on any atom is 0.324 e. The molecule has 1 saturated heterocycles. The van der Waals surface area contributed by atoms with E-state index in [0.717, 1.165) is 6.42 Å². The van der Waals surface area contributed by atoms with Crippen LogP contribution < -0.4 is 0 Å². The Hall–Kier alpha value is -2.52. The fourth-order valence-corrected chi connectivity index (χ4v) is 4.80. The molecule has 0 bridgehead atoms. The van der Waals surface area contributed by atoms with Crippen LogP contribution in [-0.4, -0.2) is 42.2 Å². The SMILES string of the molecule is CC(=O)c1ccc(S(=O)(=O)N2CCCCC2C(=O)OCc2cc(C)on2)cc1. The Bertz CT molecular complexity index is 965. The average Bonchev–Trinajstić information content (AvgIpc) is 3.11. The fourth-order valence-electron chi connectivity index (χ4n) is 3.15. The van der Waals surface area contributed by atoms with E-state index in [1.54, 1.807) is 13.0 Å². The first-order valence-electron chi connectivity index (χ1n) is 9.01. The van der Waals surface area contributed by atoms with Gasteiger partial charge in [-0.1, -0.05) is 17.3 Å². The summed E-state index contributed by atoms with van der Waals surface area (Å²) in [4.78, 5) is 24.0. The van der Waals surface area contributed by atoms with Gasteiger partial charge in [0.1, 0.15) is 24.1 Å². The summed E-state index contributed by atoms with van der Waals surface area (Å²) < 4.78 is 37.5. The second-order valence-electron chi connectivity index (χ2n) is 6.74. The Labute approximate surface area is 163 Å². The number of hydrogen-bond donors (Lipinski definition) is 0. The molecule has 0 N–H and O–H groups in total. The lowest BCUT2D eigenvalue weighted by molar-refractivity contribution is -0.150. The van der Waals surface area contributed by atoms with Crippen molar-refractivity contribution < 1.29 is 27.3 Å². The van der Waals surface area contributed by atoms with Crippen molar-refractivity contribution in [2.24, 2.45) is 0 Å². The van der Waals surface area contributed by atoms with E-state index in [4.69, 9.17) is 9.26 Å². The molecular weight excluding hydrogens is 384 g/mol. The Morgan fingerprint density at radius 2 is 1.96 bits per heavy atom. The number of rotatable bonds is 6. The topological polar surface area (TPSA) is 107 Å². The van der Waals surface area contributed by atoms with Crippen molar-refractivity contribution in [3.8, 4) is 0 Å². The molecule has 28 heavy (non-hydrogen) atoms. The van der Waals surface area contributed by atoms with Crippen molar-refractivity contribution in [3.63, 3.8) is 0 Å². The van der Waals surface area contributed by atoms with Crippen molar-refractivity contribution in [2.75, 3.05) is 6.54 Å². The molecule has 0 radical (unpaired) electrons. The Kier molecular flexibility index (Phi) is 5.95. The number of hydrogen-bond acceptors (Lipinski definition) is 7. The molecule has 2 heterocycles. The molecule has 1 aromatic carbocycles. The molecule has 1 fully saturated rings. The zero-order valence-corrected chi connectivity index (χ0v) is 16.6. The first kappa shape index (κ1) is 20.2. The molecule has 0 aliphatic carbocycles. The third-order valence-corrected chi connectivity index (χ3v) is 6.55. The van der Waals surface area contributed by atoms with Gasteiger partial charge in [0.15, 0.2) is 5.78 Å². The predicted molar refractivity (Wildman–Crippen MR) is 99.0 cm³/mol. The highest BCUT2D eigenvalue weighted by Crippen LogP contribution is 2.26. The Morgan fingerprint density at radius 3 is 2.57 bits per heavy atom. The van der Waals surface area contributed by atoms with E-state index in [-0.39, 0.29) is 23.8 Å². The number of carbonyl (C=O) groups excluding carboxylic acids is 2. The van der Waals surface area contributed by atoms with Gasteiger partial charge in [0, 0.05) is 18.2 Å². The molecule has 150 valence electrons. The molecule has 0 spiro atoms. The summed E-state index contributed by atoms with van der Waals surface area (Å²) in [6, 6.07) is 6.49. The third kappa shape index (κ3) is 4.31. The summed E-state index contributed by atoms with van der Waals surface area (Å²) in [7, 11) is -3.89. The van der Waals surface area contributed by atoms with Gasteiger partial charge in [-0.3, -0.25) is 9.59 Å². The van der Waals surface area contributed by atoms with Crippen LogP contribution in [0, 0.1) is 6.92 Å². The van der Waals surface area contributed by atoms with Gasteiger partial charge < -0.3 is 9.26 Å². The number of esters is 1. The lowest BCUT2D eigenvalue weighted by Crippen LogP contribution is -2.48. The largest absolute Gasteiger partial charge is 0.458 e. The van der Waals surface area contributed by atoms with Crippen LogP contribution in [0.25, 0.3) is 0 Å². The van der Waals surface area contributed by atoms with Gasteiger partial charge in [0.25, 0.3) is 0 Å². The first-order chi connectivity index (χ1) is 13.3. The maximum atomic E-state index is 13.1. The van der Waals surface area contributed by atoms with Crippen LogP contribution in [0.5, 0.6) is 0 Å². The number of benzene rings is 1. The highest BCUT2D eigenvalue weighted by molar-refractivity contribution is 7.89. The van der Waals surface area contributed by atoms with Crippen molar-refractivity contribution in [3.05, 3.63) is 47.3 Å². The number of ketones is 1. The average molecular weight is 406 g/mol. The van der Waals surface area contributed by atoms with Crippen LogP contribution in [0.15, 0.2) is 39.8 Å².